The molecular formula is C14H15NO3S3. The van der Waals surface area contributed by atoms with E-state index in [2.05, 4.69) is 0 Å². The maximum Gasteiger partial charge on any atom is 0.326 e. The normalized spacial score (nSPS) is 16.9. The number of esters is 1. The van der Waals surface area contributed by atoms with E-state index in [0.717, 1.165) is 16.9 Å². The Kier molecular flexibility index (Phi) is 5.55. The third-order valence-corrected chi connectivity index (χ3v) is 5.14. The second-order valence-electron chi connectivity index (χ2n) is 4.46. The number of thioether (sulfide) groups is 1. The lowest BCUT2D eigenvalue weighted by molar-refractivity contribution is -0.146. The van der Waals surface area contributed by atoms with Gasteiger partial charge in [-0.05, 0) is 36.4 Å². The highest BCUT2D eigenvalue weighted by molar-refractivity contribution is 8.26. The van der Waals surface area contributed by atoms with Crippen molar-refractivity contribution < 1.29 is 14.3 Å². The summed E-state index contributed by atoms with van der Waals surface area (Å²) in [7, 11) is 0. The SMILES string of the molecule is CCCOC(=O)CN1C(=O)/C(=C/c2sccc2C)SC1=S. The molecule has 0 aliphatic carbocycles. The van der Waals surface area contributed by atoms with E-state index in [-0.39, 0.29) is 12.5 Å². The first kappa shape index (κ1) is 16.2. The first-order valence-corrected chi connectivity index (χ1v) is 8.58. The van der Waals surface area contributed by atoms with Gasteiger partial charge >= 0.3 is 5.97 Å². The molecule has 1 aromatic rings. The molecule has 0 aromatic carbocycles. The zero-order valence-electron chi connectivity index (χ0n) is 11.8. The highest BCUT2D eigenvalue weighted by Crippen LogP contribution is 2.33. The zero-order valence-corrected chi connectivity index (χ0v) is 14.2. The lowest BCUT2D eigenvalue weighted by Gasteiger charge is -2.13. The molecule has 21 heavy (non-hydrogen) atoms. The van der Waals surface area contributed by atoms with Gasteiger partial charge in [-0.25, -0.2) is 0 Å². The Hall–Kier alpha value is -1.18. The molecule has 0 spiro atoms. The van der Waals surface area contributed by atoms with E-state index in [9.17, 15) is 9.59 Å². The van der Waals surface area contributed by atoms with Gasteiger partial charge in [0.2, 0.25) is 0 Å². The summed E-state index contributed by atoms with van der Waals surface area (Å²) < 4.78 is 5.39. The van der Waals surface area contributed by atoms with Gasteiger partial charge in [-0.2, -0.15) is 0 Å². The van der Waals surface area contributed by atoms with Crippen molar-refractivity contribution in [3.63, 3.8) is 0 Å². The van der Waals surface area contributed by atoms with Crippen molar-refractivity contribution in [2.45, 2.75) is 20.3 Å². The Morgan fingerprint density at radius 3 is 2.90 bits per heavy atom. The molecule has 0 radical (unpaired) electrons. The van der Waals surface area contributed by atoms with Crippen molar-refractivity contribution in [2.75, 3.05) is 13.2 Å². The first-order chi connectivity index (χ1) is 10.0. The fourth-order valence-corrected chi connectivity index (χ4v) is 3.85. The second-order valence-corrected chi connectivity index (χ2v) is 7.08. The fourth-order valence-electron chi connectivity index (χ4n) is 1.68. The largest absolute Gasteiger partial charge is 0.464 e. The number of amides is 1. The van der Waals surface area contributed by atoms with Crippen molar-refractivity contribution in [3.05, 3.63) is 26.8 Å². The van der Waals surface area contributed by atoms with E-state index >= 15 is 0 Å². The van der Waals surface area contributed by atoms with Crippen LogP contribution in [0.4, 0.5) is 0 Å². The van der Waals surface area contributed by atoms with Crippen molar-refractivity contribution in [1.29, 1.82) is 0 Å². The molecule has 1 aliphatic rings. The predicted molar refractivity (Wildman–Crippen MR) is 90.2 cm³/mol. The average Bonchev–Trinajstić information content (AvgIpc) is 2.96. The molecule has 0 saturated carbocycles. The van der Waals surface area contributed by atoms with E-state index in [1.165, 1.54) is 16.7 Å². The molecule has 112 valence electrons. The molecular weight excluding hydrogens is 326 g/mol. The summed E-state index contributed by atoms with van der Waals surface area (Å²) in [4.78, 5) is 26.8. The Morgan fingerprint density at radius 2 is 2.29 bits per heavy atom. The van der Waals surface area contributed by atoms with Crippen LogP contribution in [0.5, 0.6) is 0 Å². The molecule has 1 aromatic heterocycles. The molecule has 1 aliphatic heterocycles. The zero-order chi connectivity index (χ0) is 15.4. The average molecular weight is 341 g/mol. The van der Waals surface area contributed by atoms with Crippen LogP contribution in [-0.4, -0.2) is 34.2 Å². The molecule has 0 atom stereocenters. The van der Waals surface area contributed by atoms with Gasteiger partial charge in [0.1, 0.15) is 10.9 Å². The van der Waals surface area contributed by atoms with Gasteiger partial charge in [0.05, 0.1) is 11.5 Å². The minimum atomic E-state index is -0.429. The predicted octanol–water partition coefficient (Wildman–Crippen LogP) is 3.21. The fraction of sp³-hybridized carbons (Fsp3) is 0.357. The number of thiocarbonyl (C=S) groups is 1. The number of ether oxygens (including phenoxy) is 1. The van der Waals surface area contributed by atoms with Crippen LogP contribution in [0, 0.1) is 6.92 Å². The molecule has 0 unspecified atom stereocenters. The summed E-state index contributed by atoms with van der Waals surface area (Å²) in [5.74, 6) is -0.659. The Bertz CT molecular complexity index is 606. The van der Waals surface area contributed by atoms with Gasteiger partial charge in [-0.15, -0.1) is 11.3 Å². The Morgan fingerprint density at radius 1 is 1.52 bits per heavy atom. The molecule has 2 rings (SSSR count). The van der Waals surface area contributed by atoms with E-state index in [1.807, 2.05) is 31.4 Å². The molecule has 2 heterocycles. The number of hydrogen-bond acceptors (Lipinski definition) is 6. The quantitative estimate of drug-likeness (QED) is 0.467. The minimum absolute atomic E-state index is 0.120. The lowest BCUT2D eigenvalue weighted by atomic mass is 10.2. The first-order valence-electron chi connectivity index (χ1n) is 6.48. The number of carbonyl (C=O) groups excluding carboxylic acids is 2. The van der Waals surface area contributed by atoms with Gasteiger partial charge in [-0.1, -0.05) is 30.9 Å². The van der Waals surface area contributed by atoms with Gasteiger partial charge in [0, 0.05) is 4.88 Å². The number of rotatable bonds is 5. The maximum atomic E-state index is 12.3. The summed E-state index contributed by atoms with van der Waals surface area (Å²) in [5.41, 5.74) is 1.12. The second kappa shape index (κ2) is 7.20. The van der Waals surface area contributed by atoms with Gasteiger partial charge in [0.15, 0.2) is 0 Å². The van der Waals surface area contributed by atoms with Gasteiger partial charge in [-0.3, -0.25) is 14.5 Å². The van der Waals surface area contributed by atoms with Crippen molar-refractivity contribution >= 4 is 57.6 Å². The number of thiophene rings is 1. The molecule has 7 heteroatoms. The molecule has 1 amide bonds. The van der Waals surface area contributed by atoms with Crippen LogP contribution in [0.2, 0.25) is 0 Å². The Labute approximate surface area is 137 Å². The van der Waals surface area contributed by atoms with Crippen LogP contribution >= 0.6 is 35.3 Å². The van der Waals surface area contributed by atoms with Gasteiger partial charge in [0.25, 0.3) is 5.91 Å². The molecule has 4 nitrogen and oxygen atoms in total. The number of hydrogen-bond donors (Lipinski definition) is 0. The lowest BCUT2D eigenvalue weighted by Crippen LogP contribution is -2.34. The summed E-state index contributed by atoms with van der Waals surface area (Å²) >= 11 is 7.97. The molecule has 1 fully saturated rings. The van der Waals surface area contributed by atoms with Crippen molar-refractivity contribution in [3.8, 4) is 0 Å². The van der Waals surface area contributed by atoms with E-state index in [0.29, 0.717) is 15.8 Å². The monoisotopic (exact) mass is 341 g/mol. The smallest absolute Gasteiger partial charge is 0.326 e. The van der Waals surface area contributed by atoms with Crippen LogP contribution in [0.25, 0.3) is 6.08 Å². The number of carbonyl (C=O) groups is 2. The number of aryl methyl sites for hydroxylation is 1. The Balaban J connectivity index is 2.08. The van der Waals surface area contributed by atoms with Crippen LogP contribution in [0.15, 0.2) is 16.4 Å². The van der Waals surface area contributed by atoms with E-state index < -0.39 is 5.97 Å². The standard InChI is InChI=1S/C14H15NO3S3/c1-3-5-18-12(16)8-15-13(17)11(21-14(15)19)7-10-9(2)4-6-20-10/h4,6-7H,3,5,8H2,1-2H3/b11-7-. The van der Waals surface area contributed by atoms with Crippen LogP contribution < -0.4 is 0 Å². The molecule has 0 bridgehead atoms. The van der Waals surface area contributed by atoms with Gasteiger partial charge < -0.3 is 4.74 Å². The third kappa shape index (κ3) is 3.93. The molecule has 0 N–H and O–H groups in total. The van der Waals surface area contributed by atoms with E-state index in [4.69, 9.17) is 17.0 Å². The third-order valence-electron chi connectivity index (χ3n) is 2.79. The number of nitrogens with zero attached hydrogens (tertiary/aromatic N) is 1. The summed E-state index contributed by atoms with van der Waals surface area (Å²) in [6.45, 7) is 4.15. The highest BCUT2D eigenvalue weighted by atomic mass is 32.2. The van der Waals surface area contributed by atoms with Crippen molar-refractivity contribution in [2.24, 2.45) is 0 Å². The minimum Gasteiger partial charge on any atom is -0.464 e. The maximum absolute atomic E-state index is 12.3. The molecule has 1 saturated heterocycles. The van der Waals surface area contributed by atoms with Crippen molar-refractivity contribution in [1.82, 2.24) is 4.90 Å². The summed E-state index contributed by atoms with van der Waals surface area (Å²) in [6.07, 6.45) is 2.58. The summed E-state index contributed by atoms with van der Waals surface area (Å²) in [5, 5.41) is 1.98. The van der Waals surface area contributed by atoms with Crippen LogP contribution in [-0.2, 0) is 14.3 Å². The summed E-state index contributed by atoms with van der Waals surface area (Å²) in [6, 6.07) is 2.00. The van der Waals surface area contributed by atoms with Crippen LogP contribution in [0.1, 0.15) is 23.8 Å². The topological polar surface area (TPSA) is 46.6 Å². The highest BCUT2D eigenvalue weighted by Gasteiger charge is 2.33. The van der Waals surface area contributed by atoms with E-state index in [1.54, 1.807) is 11.3 Å². The van der Waals surface area contributed by atoms with Crippen LogP contribution in [0.3, 0.4) is 0 Å².